The Morgan fingerprint density at radius 1 is 1.00 bits per heavy atom. The SMILES string of the molecule is C[C@H](C(=O)NC(C)(C)C)N(Cc1ccccc1)C(=O)CCc1ccc2c(c1)OCCO2. The molecule has 1 N–H and O–H groups in total. The van der Waals surface area contributed by atoms with E-state index in [1.165, 1.54) is 0 Å². The van der Waals surface area contributed by atoms with E-state index in [2.05, 4.69) is 5.32 Å². The summed E-state index contributed by atoms with van der Waals surface area (Å²) in [6.45, 7) is 9.05. The molecule has 2 amide bonds. The number of nitrogens with one attached hydrogen (secondary N) is 1. The monoisotopic (exact) mass is 424 g/mol. The minimum absolute atomic E-state index is 0.0599. The Bertz CT molecular complexity index is 905. The zero-order valence-electron chi connectivity index (χ0n) is 18.8. The van der Waals surface area contributed by atoms with Gasteiger partial charge in [0.25, 0.3) is 0 Å². The number of amides is 2. The smallest absolute Gasteiger partial charge is 0.242 e. The van der Waals surface area contributed by atoms with Crippen LogP contribution < -0.4 is 14.8 Å². The second kappa shape index (κ2) is 9.86. The molecule has 0 spiro atoms. The van der Waals surface area contributed by atoms with Crippen molar-refractivity contribution in [2.75, 3.05) is 13.2 Å². The number of rotatable bonds is 7. The average Bonchev–Trinajstić information content (AvgIpc) is 2.74. The van der Waals surface area contributed by atoms with Crippen molar-refractivity contribution >= 4 is 11.8 Å². The van der Waals surface area contributed by atoms with Gasteiger partial charge in [0.05, 0.1) is 0 Å². The van der Waals surface area contributed by atoms with Gasteiger partial charge in [0.2, 0.25) is 11.8 Å². The van der Waals surface area contributed by atoms with Gasteiger partial charge in [-0.05, 0) is 57.4 Å². The highest BCUT2D eigenvalue weighted by Gasteiger charge is 2.28. The number of aryl methyl sites for hydroxylation is 1. The first-order valence-corrected chi connectivity index (χ1v) is 10.8. The predicted molar refractivity (Wildman–Crippen MR) is 120 cm³/mol. The molecule has 6 heteroatoms. The van der Waals surface area contributed by atoms with Crippen molar-refractivity contribution in [2.24, 2.45) is 0 Å². The minimum atomic E-state index is -0.577. The number of carbonyl (C=O) groups is 2. The Morgan fingerprint density at radius 3 is 2.35 bits per heavy atom. The van der Waals surface area contributed by atoms with E-state index in [-0.39, 0.29) is 17.4 Å². The lowest BCUT2D eigenvalue weighted by Crippen LogP contribution is -2.52. The fourth-order valence-corrected chi connectivity index (χ4v) is 3.47. The first-order valence-electron chi connectivity index (χ1n) is 10.8. The van der Waals surface area contributed by atoms with Crippen LogP contribution in [-0.2, 0) is 22.6 Å². The highest BCUT2D eigenvalue weighted by Crippen LogP contribution is 2.31. The van der Waals surface area contributed by atoms with Crippen LogP contribution in [0.1, 0.15) is 45.2 Å². The molecular weight excluding hydrogens is 392 g/mol. The number of benzene rings is 2. The summed E-state index contributed by atoms with van der Waals surface area (Å²) in [7, 11) is 0. The average molecular weight is 425 g/mol. The van der Waals surface area contributed by atoms with Gasteiger partial charge in [0.1, 0.15) is 19.3 Å². The van der Waals surface area contributed by atoms with E-state index in [9.17, 15) is 9.59 Å². The second-order valence-electron chi connectivity index (χ2n) is 8.90. The molecule has 0 saturated heterocycles. The zero-order chi connectivity index (χ0) is 22.4. The molecule has 0 fully saturated rings. The zero-order valence-corrected chi connectivity index (χ0v) is 18.8. The van der Waals surface area contributed by atoms with Gasteiger partial charge in [-0.2, -0.15) is 0 Å². The van der Waals surface area contributed by atoms with Gasteiger partial charge in [0, 0.05) is 18.5 Å². The molecule has 6 nitrogen and oxygen atoms in total. The molecular formula is C25H32N2O4. The van der Waals surface area contributed by atoms with Gasteiger partial charge in [-0.25, -0.2) is 0 Å². The Morgan fingerprint density at radius 2 is 1.68 bits per heavy atom. The van der Waals surface area contributed by atoms with E-state index < -0.39 is 6.04 Å². The summed E-state index contributed by atoms with van der Waals surface area (Å²) in [5.74, 6) is 1.24. The molecule has 2 aromatic carbocycles. The summed E-state index contributed by atoms with van der Waals surface area (Å²) in [6, 6.07) is 14.9. The molecule has 0 aromatic heterocycles. The predicted octanol–water partition coefficient (Wildman–Crippen LogP) is 3.72. The molecule has 1 heterocycles. The van der Waals surface area contributed by atoms with Crippen LogP contribution in [0.3, 0.4) is 0 Å². The van der Waals surface area contributed by atoms with Gasteiger partial charge >= 0.3 is 0 Å². The van der Waals surface area contributed by atoms with Crippen LogP contribution in [0, 0.1) is 0 Å². The van der Waals surface area contributed by atoms with Crippen LogP contribution in [-0.4, -0.2) is 41.5 Å². The Balaban J connectivity index is 1.71. The molecule has 1 atom stereocenters. The molecule has 0 bridgehead atoms. The molecule has 31 heavy (non-hydrogen) atoms. The normalized spacial score (nSPS) is 13.9. The third kappa shape index (κ3) is 6.48. The van der Waals surface area contributed by atoms with E-state index in [1.807, 2.05) is 69.3 Å². The topological polar surface area (TPSA) is 67.9 Å². The third-order valence-corrected chi connectivity index (χ3v) is 5.10. The summed E-state index contributed by atoms with van der Waals surface area (Å²) in [4.78, 5) is 27.7. The maximum atomic E-state index is 13.2. The lowest BCUT2D eigenvalue weighted by molar-refractivity contribution is -0.141. The largest absolute Gasteiger partial charge is 0.486 e. The van der Waals surface area contributed by atoms with E-state index in [4.69, 9.17) is 9.47 Å². The van der Waals surface area contributed by atoms with Crippen molar-refractivity contribution in [2.45, 2.75) is 58.7 Å². The molecule has 2 aromatic rings. The Hall–Kier alpha value is -3.02. The number of fused-ring (bicyclic) bond motifs is 1. The Labute approximate surface area is 184 Å². The molecule has 0 radical (unpaired) electrons. The van der Waals surface area contributed by atoms with Crippen molar-refractivity contribution in [1.82, 2.24) is 10.2 Å². The molecule has 1 aliphatic rings. The first kappa shape index (κ1) is 22.7. The lowest BCUT2D eigenvalue weighted by Gasteiger charge is -2.31. The second-order valence-corrected chi connectivity index (χ2v) is 8.90. The van der Waals surface area contributed by atoms with Crippen molar-refractivity contribution in [1.29, 1.82) is 0 Å². The molecule has 0 saturated carbocycles. The standard InChI is InChI=1S/C25H32N2O4/c1-18(24(29)26-25(2,3)4)27(17-20-8-6-5-7-9-20)23(28)13-11-19-10-12-21-22(16-19)31-15-14-30-21/h5-10,12,16,18H,11,13-15,17H2,1-4H3,(H,26,29)/t18-/m1/s1. The minimum Gasteiger partial charge on any atom is -0.486 e. The summed E-state index contributed by atoms with van der Waals surface area (Å²) < 4.78 is 11.2. The van der Waals surface area contributed by atoms with Crippen LogP contribution in [0.2, 0.25) is 0 Å². The maximum Gasteiger partial charge on any atom is 0.242 e. The quantitative estimate of drug-likeness (QED) is 0.736. The lowest BCUT2D eigenvalue weighted by atomic mass is 10.1. The molecule has 0 unspecified atom stereocenters. The van der Waals surface area contributed by atoms with Gasteiger partial charge < -0.3 is 19.7 Å². The molecule has 166 valence electrons. The highest BCUT2D eigenvalue weighted by atomic mass is 16.6. The van der Waals surface area contributed by atoms with Crippen molar-refractivity contribution in [3.63, 3.8) is 0 Å². The van der Waals surface area contributed by atoms with E-state index in [0.717, 1.165) is 22.6 Å². The number of hydrogen-bond acceptors (Lipinski definition) is 4. The Kier molecular flexibility index (Phi) is 7.21. The van der Waals surface area contributed by atoms with Crippen LogP contribution in [0.15, 0.2) is 48.5 Å². The maximum absolute atomic E-state index is 13.2. The van der Waals surface area contributed by atoms with E-state index in [0.29, 0.717) is 32.6 Å². The highest BCUT2D eigenvalue weighted by molar-refractivity contribution is 5.87. The van der Waals surface area contributed by atoms with Crippen molar-refractivity contribution in [3.05, 3.63) is 59.7 Å². The van der Waals surface area contributed by atoms with Gasteiger partial charge in [-0.15, -0.1) is 0 Å². The van der Waals surface area contributed by atoms with E-state index >= 15 is 0 Å². The summed E-state index contributed by atoms with van der Waals surface area (Å²) >= 11 is 0. The summed E-state index contributed by atoms with van der Waals surface area (Å²) in [5.41, 5.74) is 1.63. The van der Waals surface area contributed by atoms with Gasteiger partial charge in [0.15, 0.2) is 11.5 Å². The van der Waals surface area contributed by atoms with E-state index in [1.54, 1.807) is 11.8 Å². The van der Waals surface area contributed by atoms with Gasteiger partial charge in [-0.1, -0.05) is 36.4 Å². The van der Waals surface area contributed by atoms with Crippen molar-refractivity contribution < 1.29 is 19.1 Å². The fraction of sp³-hybridized carbons (Fsp3) is 0.440. The van der Waals surface area contributed by atoms with Gasteiger partial charge in [-0.3, -0.25) is 9.59 Å². The van der Waals surface area contributed by atoms with Crippen LogP contribution >= 0.6 is 0 Å². The fourth-order valence-electron chi connectivity index (χ4n) is 3.47. The van der Waals surface area contributed by atoms with Crippen LogP contribution in [0.4, 0.5) is 0 Å². The molecule has 3 rings (SSSR count). The molecule has 1 aliphatic heterocycles. The molecule has 0 aliphatic carbocycles. The summed E-state index contributed by atoms with van der Waals surface area (Å²) in [5, 5.41) is 2.98. The first-order chi connectivity index (χ1) is 14.7. The number of hydrogen-bond donors (Lipinski definition) is 1. The van der Waals surface area contributed by atoms with Crippen LogP contribution in [0.25, 0.3) is 0 Å². The van der Waals surface area contributed by atoms with Crippen molar-refractivity contribution in [3.8, 4) is 11.5 Å². The summed E-state index contributed by atoms with van der Waals surface area (Å²) in [6.07, 6.45) is 0.869. The number of carbonyl (C=O) groups excluding carboxylic acids is 2. The number of nitrogens with zero attached hydrogens (tertiary/aromatic N) is 1. The third-order valence-electron chi connectivity index (χ3n) is 5.10. The van der Waals surface area contributed by atoms with Crippen LogP contribution in [0.5, 0.6) is 11.5 Å². The number of ether oxygens (including phenoxy) is 2.